The standard InChI is InChI=1S/C26H24BrN3O3/c1-26(2,3)33-25(32)30-12-10-19-23(24(30)31)22(15-6-8-17(27)9-7-15)18-14-20-16(5-4-11-28-20)13-21(18)29-19/h4-9,11,13-14,22,29H,10,12H2,1-3H3. The van der Waals surface area contributed by atoms with Crippen LogP contribution >= 0.6 is 15.9 Å². The Morgan fingerprint density at radius 1 is 1.18 bits per heavy atom. The summed E-state index contributed by atoms with van der Waals surface area (Å²) in [6.45, 7) is 5.67. The van der Waals surface area contributed by atoms with Gasteiger partial charge in [0, 0.05) is 51.9 Å². The number of carbonyl (C=O) groups excluding carboxylic acids is 2. The third kappa shape index (κ3) is 4.02. The number of ether oxygens (including phenoxy) is 1. The average Bonchev–Trinajstić information content (AvgIpc) is 2.76. The van der Waals surface area contributed by atoms with Crippen LogP contribution in [-0.2, 0) is 9.53 Å². The molecule has 0 aliphatic carbocycles. The van der Waals surface area contributed by atoms with E-state index < -0.39 is 11.7 Å². The molecule has 0 radical (unpaired) electrons. The maximum atomic E-state index is 13.7. The number of hydrogen-bond donors (Lipinski definition) is 1. The van der Waals surface area contributed by atoms with Gasteiger partial charge in [0.1, 0.15) is 5.60 Å². The maximum absolute atomic E-state index is 13.7. The topological polar surface area (TPSA) is 71.5 Å². The van der Waals surface area contributed by atoms with Crippen molar-refractivity contribution >= 4 is 44.5 Å². The van der Waals surface area contributed by atoms with E-state index in [4.69, 9.17) is 4.74 Å². The highest BCUT2D eigenvalue weighted by Crippen LogP contribution is 2.46. The monoisotopic (exact) mass is 505 g/mol. The Hall–Kier alpha value is -3.19. The summed E-state index contributed by atoms with van der Waals surface area (Å²) in [6, 6.07) is 16.0. The van der Waals surface area contributed by atoms with E-state index >= 15 is 0 Å². The minimum atomic E-state index is -0.681. The lowest BCUT2D eigenvalue weighted by Crippen LogP contribution is -2.47. The summed E-state index contributed by atoms with van der Waals surface area (Å²) in [5.74, 6) is -0.647. The molecule has 5 rings (SSSR count). The lowest BCUT2D eigenvalue weighted by molar-refractivity contribution is -0.127. The van der Waals surface area contributed by atoms with E-state index in [2.05, 4.69) is 32.3 Å². The van der Waals surface area contributed by atoms with Crippen LogP contribution in [0.5, 0.6) is 0 Å². The molecule has 2 amide bonds. The van der Waals surface area contributed by atoms with Gasteiger partial charge in [0.2, 0.25) is 0 Å². The number of hydrogen-bond acceptors (Lipinski definition) is 5. The Labute approximate surface area is 200 Å². The third-order valence-corrected chi connectivity index (χ3v) is 6.39. The van der Waals surface area contributed by atoms with E-state index in [1.807, 2.05) is 42.5 Å². The number of imide groups is 1. The number of anilines is 1. The van der Waals surface area contributed by atoms with Crippen LogP contribution in [0.2, 0.25) is 0 Å². The SMILES string of the molecule is CC(C)(C)OC(=O)N1CCC2=C(C1=O)C(c1ccc(Br)cc1)c1cc3ncccc3cc1N2. The van der Waals surface area contributed by atoms with Gasteiger partial charge in [0.05, 0.1) is 5.52 Å². The molecule has 168 valence electrons. The Balaban J connectivity index is 1.64. The van der Waals surface area contributed by atoms with Crippen LogP contribution in [0.1, 0.15) is 44.2 Å². The Bertz CT molecular complexity index is 1310. The highest BCUT2D eigenvalue weighted by Gasteiger charge is 2.41. The van der Waals surface area contributed by atoms with Crippen molar-refractivity contribution in [3.63, 3.8) is 0 Å². The quantitative estimate of drug-likeness (QED) is 0.440. The van der Waals surface area contributed by atoms with Crippen LogP contribution in [0, 0.1) is 0 Å². The number of rotatable bonds is 1. The molecule has 0 saturated heterocycles. The van der Waals surface area contributed by atoms with Crippen LogP contribution in [-0.4, -0.2) is 34.0 Å². The predicted octanol–water partition coefficient (Wildman–Crippen LogP) is 5.98. The van der Waals surface area contributed by atoms with E-state index in [9.17, 15) is 9.59 Å². The smallest absolute Gasteiger partial charge is 0.417 e. The normalized spacial score (nSPS) is 18.0. The fraction of sp³-hybridized carbons (Fsp3) is 0.269. The molecule has 0 spiro atoms. The average molecular weight is 506 g/mol. The van der Waals surface area contributed by atoms with Crippen molar-refractivity contribution in [1.29, 1.82) is 0 Å². The number of nitrogens with one attached hydrogen (secondary N) is 1. The van der Waals surface area contributed by atoms with Crippen LogP contribution < -0.4 is 5.32 Å². The Kier molecular flexibility index (Phi) is 5.24. The van der Waals surface area contributed by atoms with E-state index in [1.54, 1.807) is 27.0 Å². The number of fused-ring (bicyclic) bond motifs is 2. The lowest BCUT2D eigenvalue weighted by Gasteiger charge is -2.38. The first-order valence-electron chi connectivity index (χ1n) is 10.9. The maximum Gasteiger partial charge on any atom is 0.417 e. The van der Waals surface area contributed by atoms with Gasteiger partial charge in [-0.3, -0.25) is 9.78 Å². The zero-order chi connectivity index (χ0) is 23.3. The van der Waals surface area contributed by atoms with E-state index in [-0.39, 0.29) is 18.4 Å². The first-order valence-corrected chi connectivity index (χ1v) is 11.7. The van der Waals surface area contributed by atoms with Crippen molar-refractivity contribution in [2.24, 2.45) is 0 Å². The molecule has 0 bridgehead atoms. The molecular formula is C26H24BrN3O3. The summed E-state index contributed by atoms with van der Waals surface area (Å²) >= 11 is 3.50. The van der Waals surface area contributed by atoms with Gasteiger partial charge in [-0.15, -0.1) is 0 Å². The number of carbonyl (C=O) groups is 2. The molecule has 2 aliphatic rings. The minimum absolute atomic E-state index is 0.275. The summed E-state index contributed by atoms with van der Waals surface area (Å²) in [5.41, 5.74) is 4.50. The molecule has 0 fully saturated rings. The molecule has 1 N–H and O–H groups in total. The minimum Gasteiger partial charge on any atom is -0.443 e. The zero-order valence-electron chi connectivity index (χ0n) is 18.7. The zero-order valence-corrected chi connectivity index (χ0v) is 20.3. The second kappa shape index (κ2) is 7.99. The number of nitrogens with zero attached hydrogens (tertiary/aromatic N) is 2. The van der Waals surface area contributed by atoms with E-state index in [1.165, 1.54) is 4.90 Å². The first kappa shape index (κ1) is 21.6. The molecule has 1 unspecified atom stereocenters. The molecule has 1 aromatic heterocycles. The molecule has 7 heteroatoms. The van der Waals surface area contributed by atoms with Gasteiger partial charge in [0.15, 0.2) is 0 Å². The fourth-order valence-corrected chi connectivity index (χ4v) is 4.72. The lowest BCUT2D eigenvalue weighted by atomic mass is 9.78. The van der Waals surface area contributed by atoms with Gasteiger partial charge in [-0.1, -0.05) is 34.1 Å². The largest absolute Gasteiger partial charge is 0.443 e. The highest BCUT2D eigenvalue weighted by molar-refractivity contribution is 9.10. The molecule has 6 nitrogen and oxygen atoms in total. The molecule has 0 saturated carbocycles. The van der Waals surface area contributed by atoms with Crippen molar-refractivity contribution in [2.45, 2.75) is 38.7 Å². The molecule has 3 heterocycles. The first-order chi connectivity index (χ1) is 15.7. The third-order valence-electron chi connectivity index (χ3n) is 5.86. The number of halogens is 1. The number of amides is 2. The van der Waals surface area contributed by atoms with Gasteiger partial charge in [-0.05, 0) is 62.2 Å². The Morgan fingerprint density at radius 3 is 2.67 bits per heavy atom. The van der Waals surface area contributed by atoms with Crippen LogP contribution in [0.3, 0.4) is 0 Å². The molecule has 2 aliphatic heterocycles. The summed E-state index contributed by atoms with van der Waals surface area (Å²) in [6.07, 6.45) is 1.69. The molecule has 3 aromatic rings. The van der Waals surface area contributed by atoms with Gasteiger partial charge in [0.25, 0.3) is 5.91 Å². The van der Waals surface area contributed by atoms with Crippen LogP contribution in [0.15, 0.2) is 70.5 Å². The Morgan fingerprint density at radius 2 is 1.94 bits per heavy atom. The summed E-state index contributed by atoms with van der Waals surface area (Å²) in [4.78, 5) is 32.3. The van der Waals surface area contributed by atoms with Crippen LogP contribution in [0.25, 0.3) is 10.9 Å². The second-order valence-corrected chi connectivity index (χ2v) is 10.2. The molecule has 33 heavy (non-hydrogen) atoms. The van der Waals surface area contributed by atoms with E-state index in [0.717, 1.165) is 37.9 Å². The van der Waals surface area contributed by atoms with Crippen molar-refractivity contribution < 1.29 is 14.3 Å². The van der Waals surface area contributed by atoms with Gasteiger partial charge >= 0.3 is 6.09 Å². The summed E-state index contributed by atoms with van der Waals surface area (Å²) in [7, 11) is 0. The molecular weight excluding hydrogens is 482 g/mol. The van der Waals surface area contributed by atoms with Gasteiger partial charge in [-0.2, -0.15) is 0 Å². The molecule has 2 aromatic carbocycles. The summed E-state index contributed by atoms with van der Waals surface area (Å²) < 4.78 is 6.48. The van der Waals surface area contributed by atoms with Crippen molar-refractivity contribution in [2.75, 3.05) is 11.9 Å². The van der Waals surface area contributed by atoms with Gasteiger partial charge < -0.3 is 10.1 Å². The highest BCUT2D eigenvalue weighted by atomic mass is 79.9. The molecule has 1 atom stereocenters. The number of benzene rings is 2. The van der Waals surface area contributed by atoms with Crippen molar-refractivity contribution in [3.8, 4) is 0 Å². The second-order valence-electron chi connectivity index (χ2n) is 9.32. The number of aromatic nitrogens is 1. The fourth-order valence-electron chi connectivity index (χ4n) is 4.46. The predicted molar refractivity (Wildman–Crippen MR) is 131 cm³/mol. The van der Waals surface area contributed by atoms with Crippen LogP contribution in [0.4, 0.5) is 10.5 Å². The van der Waals surface area contributed by atoms with Gasteiger partial charge in [-0.25, -0.2) is 9.69 Å². The van der Waals surface area contributed by atoms with Crippen molar-refractivity contribution in [1.82, 2.24) is 9.88 Å². The van der Waals surface area contributed by atoms with Crippen molar-refractivity contribution in [3.05, 3.63) is 81.6 Å². The summed E-state index contributed by atoms with van der Waals surface area (Å²) in [5, 5.41) is 4.51. The van der Waals surface area contributed by atoms with E-state index in [0.29, 0.717) is 12.0 Å². The number of pyridine rings is 1.